The maximum absolute atomic E-state index is 13.7. The van der Waals surface area contributed by atoms with Crippen molar-refractivity contribution >= 4 is 29.3 Å². The number of carboxylic acids is 1. The smallest absolute Gasteiger partial charge is 0.335 e. The highest BCUT2D eigenvalue weighted by atomic mass is 16.5. The molecule has 3 atom stereocenters. The van der Waals surface area contributed by atoms with E-state index in [1.165, 1.54) is 19.2 Å². The number of nitrogens with one attached hydrogen (secondary N) is 2. The molecule has 2 aliphatic rings. The number of fused-ring (bicyclic) bond motifs is 1. The number of amides is 3. The molecule has 0 aliphatic carbocycles. The predicted molar refractivity (Wildman–Crippen MR) is 162 cm³/mol. The second-order valence-electron chi connectivity index (χ2n) is 11.6. The molecule has 10 nitrogen and oxygen atoms in total. The van der Waals surface area contributed by atoms with Crippen LogP contribution in [0, 0.1) is 12.8 Å². The number of carbonyl (C=O) groups excluding carboxylic acids is 2. The van der Waals surface area contributed by atoms with E-state index in [2.05, 4.69) is 24.5 Å². The van der Waals surface area contributed by atoms with Gasteiger partial charge in [0.05, 0.1) is 42.5 Å². The SMILES string of the molecule is COc1cc(CC(=O)N2C[C@H]3OC(C)(C)C[C@H]3[C@H]2COc2ccc(C(=O)O)cc2)ccc1NC(=O)Nc1ccccc1C. The molecule has 0 bridgehead atoms. The molecule has 5 rings (SSSR count). The van der Waals surface area contributed by atoms with Crippen LogP contribution in [0.5, 0.6) is 11.5 Å². The summed E-state index contributed by atoms with van der Waals surface area (Å²) in [6, 6.07) is 18.4. The first kappa shape index (κ1) is 29.9. The number of methoxy groups -OCH3 is 1. The van der Waals surface area contributed by atoms with E-state index >= 15 is 0 Å². The summed E-state index contributed by atoms with van der Waals surface area (Å²) in [7, 11) is 1.52. The van der Waals surface area contributed by atoms with Crippen LogP contribution in [-0.4, -0.2) is 65.9 Å². The van der Waals surface area contributed by atoms with Gasteiger partial charge in [0, 0.05) is 18.2 Å². The van der Waals surface area contributed by atoms with Gasteiger partial charge in [0.25, 0.3) is 0 Å². The van der Waals surface area contributed by atoms with E-state index in [1.54, 1.807) is 30.3 Å². The first-order valence-electron chi connectivity index (χ1n) is 14.3. The van der Waals surface area contributed by atoms with Gasteiger partial charge in [-0.2, -0.15) is 0 Å². The monoisotopic (exact) mass is 587 g/mol. The molecule has 0 radical (unpaired) electrons. The Bertz CT molecular complexity index is 1500. The highest BCUT2D eigenvalue weighted by molar-refractivity contribution is 6.01. The van der Waals surface area contributed by atoms with Gasteiger partial charge in [-0.15, -0.1) is 0 Å². The van der Waals surface area contributed by atoms with Crippen molar-refractivity contribution in [2.24, 2.45) is 5.92 Å². The number of rotatable bonds is 9. The topological polar surface area (TPSA) is 126 Å². The Balaban J connectivity index is 1.26. The summed E-state index contributed by atoms with van der Waals surface area (Å²) in [5.41, 5.74) is 2.77. The molecule has 43 heavy (non-hydrogen) atoms. The normalized spacial score (nSPS) is 20.3. The maximum Gasteiger partial charge on any atom is 0.335 e. The average molecular weight is 588 g/mol. The van der Waals surface area contributed by atoms with E-state index in [1.807, 2.05) is 36.1 Å². The van der Waals surface area contributed by atoms with Crippen molar-refractivity contribution in [1.82, 2.24) is 4.90 Å². The lowest BCUT2D eigenvalue weighted by molar-refractivity contribution is -0.133. The molecule has 10 heteroatoms. The van der Waals surface area contributed by atoms with Crippen LogP contribution in [-0.2, 0) is 16.0 Å². The largest absolute Gasteiger partial charge is 0.495 e. The summed E-state index contributed by atoms with van der Waals surface area (Å²) in [6.07, 6.45) is 0.847. The highest BCUT2D eigenvalue weighted by Crippen LogP contribution is 2.43. The number of hydrogen-bond acceptors (Lipinski definition) is 6. The minimum absolute atomic E-state index is 0.0642. The molecule has 0 aromatic heterocycles. The van der Waals surface area contributed by atoms with E-state index in [0.29, 0.717) is 29.4 Å². The molecule has 0 saturated carbocycles. The molecule has 0 spiro atoms. The molecule has 3 amide bonds. The summed E-state index contributed by atoms with van der Waals surface area (Å²) < 4.78 is 17.9. The molecule has 2 saturated heterocycles. The third kappa shape index (κ3) is 6.91. The standard InChI is InChI=1S/C33H37N3O7/c1-20-7-5-6-8-25(20)34-32(40)35-26-14-9-21(15-28(26)41-4)16-30(37)36-18-29-24(17-33(2,3)43-29)27(36)19-42-23-12-10-22(11-13-23)31(38)39/h5-15,24,27,29H,16-19H2,1-4H3,(H,38,39)(H2,34,35,40)/t24-,27+,29+/m0/s1. The van der Waals surface area contributed by atoms with Crippen molar-refractivity contribution in [3.8, 4) is 11.5 Å². The minimum atomic E-state index is -1.00. The van der Waals surface area contributed by atoms with Crippen LogP contribution in [0.25, 0.3) is 0 Å². The minimum Gasteiger partial charge on any atom is -0.495 e. The Morgan fingerprint density at radius 1 is 1.02 bits per heavy atom. The van der Waals surface area contributed by atoms with Crippen LogP contribution in [0.1, 0.15) is 41.8 Å². The average Bonchev–Trinajstić information content (AvgIpc) is 3.45. The van der Waals surface area contributed by atoms with Crippen molar-refractivity contribution in [3.63, 3.8) is 0 Å². The fraction of sp³-hybridized carbons (Fsp3) is 0.364. The predicted octanol–water partition coefficient (Wildman–Crippen LogP) is 5.36. The lowest BCUT2D eigenvalue weighted by atomic mass is 9.91. The van der Waals surface area contributed by atoms with E-state index < -0.39 is 12.0 Å². The Morgan fingerprint density at radius 3 is 2.44 bits per heavy atom. The van der Waals surface area contributed by atoms with Crippen LogP contribution in [0.4, 0.5) is 16.2 Å². The summed E-state index contributed by atoms with van der Waals surface area (Å²) >= 11 is 0. The Labute approximate surface area is 250 Å². The van der Waals surface area contributed by atoms with Crippen molar-refractivity contribution in [3.05, 3.63) is 83.4 Å². The van der Waals surface area contributed by atoms with Gasteiger partial charge in [-0.3, -0.25) is 4.79 Å². The second-order valence-corrected chi connectivity index (χ2v) is 11.6. The number of benzene rings is 3. The molecule has 3 N–H and O–H groups in total. The third-order valence-electron chi connectivity index (χ3n) is 8.05. The first-order chi connectivity index (χ1) is 20.5. The van der Waals surface area contributed by atoms with Crippen LogP contribution >= 0.6 is 0 Å². The Morgan fingerprint density at radius 2 is 1.74 bits per heavy atom. The number of carboxylic acid groups (broad SMARTS) is 1. The summed E-state index contributed by atoms with van der Waals surface area (Å²) in [5, 5.41) is 14.8. The number of para-hydroxylation sites is 1. The summed E-state index contributed by atoms with van der Waals surface area (Å²) in [4.78, 5) is 39.3. The molecule has 2 heterocycles. The van der Waals surface area contributed by atoms with Crippen molar-refractivity contribution in [2.45, 2.75) is 51.4 Å². The maximum atomic E-state index is 13.7. The molecular formula is C33H37N3O7. The molecule has 2 fully saturated rings. The number of likely N-dealkylation sites (tertiary alicyclic amines) is 1. The molecular weight excluding hydrogens is 550 g/mol. The Hall–Kier alpha value is -4.57. The number of nitrogens with zero attached hydrogens (tertiary/aromatic N) is 1. The van der Waals surface area contributed by atoms with Gasteiger partial charge in [-0.1, -0.05) is 24.3 Å². The number of carbonyl (C=O) groups is 3. The lowest BCUT2D eigenvalue weighted by Crippen LogP contribution is -2.43. The van der Waals surface area contributed by atoms with E-state index in [0.717, 1.165) is 17.5 Å². The van der Waals surface area contributed by atoms with Gasteiger partial charge in [0.2, 0.25) is 5.91 Å². The molecule has 0 unspecified atom stereocenters. The zero-order chi connectivity index (χ0) is 30.7. The highest BCUT2D eigenvalue weighted by Gasteiger charge is 2.52. The molecule has 3 aromatic carbocycles. The summed E-state index contributed by atoms with van der Waals surface area (Å²) in [5.74, 6) is 0.0330. The quantitative estimate of drug-likeness (QED) is 0.308. The Kier molecular flexibility index (Phi) is 8.59. The van der Waals surface area contributed by atoms with Crippen LogP contribution in [0.3, 0.4) is 0 Å². The van der Waals surface area contributed by atoms with Crippen molar-refractivity contribution in [1.29, 1.82) is 0 Å². The molecule has 2 aliphatic heterocycles. The van der Waals surface area contributed by atoms with Crippen molar-refractivity contribution < 1.29 is 33.7 Å². The number of ether oxygens (including phenoxy) is 3. The zero-order valence-electron chi connectivity index (χ0n) is 24.8. The van der Waals surface area contributed by atoms with Gasteiger partial charge in [-0.25, -0.2) is 9.59 Å². The van der Waals surface area contributed by atoms with E-state index in [4.69, 9.17) is 19.3 Å². The zero-order valence-corrected chi connectivity index (χ0v) is 24.8. The van der Waals surface area contributed by atoms with Gasteiger partial charge in [0.15, 0.2) is 0 Å². The first-order valence-corrected chi connectivity index (χ1v) is 14.3. The van der Waals surface area contributed by atoms with E-state index in [9.17, 15) is 14.4 Å². The number of aromatic carboxylic acids is 1. The molecule has 3 aromatic rings. The van der Waals surface area contributed by atoms with Gasteiger partial charge in [0.1, 0.15) is 18.1 Å². The van der Waals surface area contributed by atoms with Gasteiger partial charge >= 0.3 is 12.0 Å². The number of anilines is 2. The fourth-order valence-corrected chi connectivity index (χ4v) is 5.95. The number of hydrogen-bond donors (Lipinski definition) is 3. The molecule has 226 valence electrons. The van der Waals surface area contributed by atoms with Gasteiger partial charge in [-0.05, 0) is 80.8 Å². The van der Waals surface area contributed by atoms with Gasteiger partial charge < -0.3 is 34.9 Å². The van der Waals surface area contributed by atoms with E-state index in [-0.39, 0.29) is 48.2 Å². The van der Waals surface area contributed by atoms with Crippen LogP contribution in [0.15, 0.2) is 66.7 Å². The van der Waals surface area contributed by atoms with Crippen molar-refractivity contribution in [2.75, 3.05) is 30.9 Å². The lowest BCUT2D eigenvalue weighted by Gasteiger charge is -2.30. The summed E-state index contributed by atoms with van der Waals surface area (Å²) in [6.45, 7) is 6.76. The van der Waals surface area contributed by atoms with Crippen LogP contribution < -0.4 is 20.1 Å². The number of urea groups is 1. The fourth-order valence-electron chi connectivity index (χ4n) is 5.95. The second kappa shape index (κ2) is 12.3. The van der Waals surface area contributed by atoms with Crippen LogP contribution in [0.2, 0.25) is 0 Å². The third-order valence-corrected chi connectivity index (χ3v) is 8.05. The number of aryl methyl sites for hydroxylation is 1.